The van der Waals surface area contributed by atoms with Crippen molar-refractivity contribution >= 4 is 29.1 Å². The molecule has 0 heterocycles. The van der Waals surface area contributed by atoms with Crippen LogP contribution in [0.2, 0.25) is 5.02 Å². The van der Waals surface area contributed by atoms with Gasteiger partial charge < -0.3 is 0 Å². The van der Waals surface area contributed by atoms with Crippen LogP contribution in [0.1, 0.15) is 11.1 Å². The van der Waals surface area contributed by atoms with Gasteiger partial charge in [-0.05, 0) is 23.8 Å². The summed E-state index contributed by atoms with van der Waals surface area (Å²) >= 11 is 7.54. The largest absolute Gasteiger partial charge is 0.287 e. The van der Waals surface area contributed by atoms with E-state index in [4.69, 9.17) is 16.9 Å². The van der Waals surface area contributed by atoms with Crippen molar-refractivity contribution in [2.45, 2.75) is 10.6 Å². The maximum Gasteiger partial charge on any atom is 0.287 e. The minimum atomic E-state index is -0.555. The number of rotatable bonds is 4. The lowest BCUT2D eigenvalue weighted by Gasteiger charge is -2.04. The molecule has 0 spiro atoms. The fourth-order valence-electron chi connectivity index (χ4n) is 1.63. The van der Waals surface area contributed by atoms with Gasteiger partial charge in [0.05, 0.1) is 4.92 Å². The van der Waals surface area contributed by atoms with E-state index >= 15 is 0 Å². The van der Waals surface area contributed by atoms with E-state index in [1.807, 2.05) is 30.3 Å². The lowest BCUT2D eigenvalue weighted by atomic mass is 10.2. The number of nitriles is 1. The smallest absolute Gasteiger partial charge is 0.258 e. The summed E-state index contributed by atoms with van der Waals surface area (Å²) in [5, 5.41) is 20.4. The van der Waals surface area contributed by atoms with E-state index in [1.54, 1.807) is 6.07 Å². The topological polar surface area (TPSA) is 66.9 Å². The first-order valence-electron chi connectivity index (χ1n) is 5.66. The molecule has 6 heteroatoms. The van der Waals surface area contributed by atoms with Crippen LogP contribution in [0.4, 0.5) is 5.69 Å². The molecule has 0 amide bonds. The van der Waals surface area contributed by atoms with Crippen LogP contribution in [-0.4, -0.2) is 4.92 Å². The zero-order valence-corrected chi connectivity index (χ0v) is 11.8. The molecular formula is C14H9ClN2O2S. The second-order valence-corrected chi connectivity index (χ2v) is 5.38. The van der Waals surface area contributed by atoms with Crippen LogP contribution in [0.5, 0.6) is 0 Å². The maximum atomic E-state index is 10.7. The van der Waals surface area contributed by atoms with E-state index in [1.165, 1.54) is 23.9 Å². The van der Waals surface area contributed by atoms with Crippen molar-refractivity contribution in [2.75, 3.05) is 0 Å². The Morgan fingerprint density at radius 1 is 1.30 bits per heavy atom. The third-order valence-corrected chi connectivity index (χ3v) is 4.05. The number of nitro benzene ring substituents is 1. The molecule has 0 aromatic heterocycles. The van der Waals surface area contributed by atoms with Gasteiger partial charge in [-0.1, -0.05) is 29.8 Å². The van der Waals surface area contributed by atoms with Crippen molar-refractivity contribution in [1.29, 1.82) is 5.26 Å². The van der Waals surface area contributed by atoms with Gasteiger partial charge in [0.2, 0.25) is 0 Å². The van der Waals surface area contributed by atoms with E-state index < -0.39 is 4.92 Å². The number of hydrogen-bond acceptors (Lipinski definition) is 4. The monoisotopic (exact) mass is 304 g/mol. The highest BCUT2D eigenvalue weighted by atomic mass is 35.5. The lowest BCUT2D eigenvalue weighted by molar-refractivity contribution is -0.385. The fraction of sp³-hybridized carbons (Fsp3) is 0.0714. The molecule has 2 aromatic rings. The van der Waals surface area contributed by atoms with Gasteiger partial charge in [0.15, 0.2) is 0 Å². The Morgan fingerprint density at radius 2 is 2.05 bits per heavy atom. The number of hydrogen-bond donors (Lipinski definition) is 0. The minimum absolute atomic E-state index is 0.0687. The molecule has 0 aliphatic heterocycles. The standard InChI is InChI=1S/C14H9ClN2O2S/c15-13-4-2-1-3-10(13)9-20-12-5-6-14(17(18)19)11(7-12)8-16/h1-7H,9H2. The van der Waals surface area contributed by atoms with Crippen molar-refractivity contribution in [3.8, 4) is 6.07 Å². The first-order valence-corrected chi connectivity index (χ1v) is 7.03. The molecule has 0 fully saturated rings. The van der Waals surface area contributed by atoms with E-state index in [9.17, 15) is 10.1 Å². The average Bonchev–Trinajstić information content (AvgIpc) is 2.46. The fourth-order valence-corrected chi connectivity index (χ4v) is 2.85. The number of thioether (sulfide) groups is 1. The Morgan fingerprint density at radius 3 is 2.70 bits per heavy atom. The summed E-state index contributed by atoms with van der Waals surface area (Å²) in [6, 6.07) is 13.9. The predicted molar refractivity (Wildman–Crippen MR) is 78.8 cm³/mol. The third-order valence-electron chi connectivity index (χ3n) is 2.64. The summed E-state index contributed by atoms with van der Waals surface area (Å²) < 4.78 is 0. The Balaban J connectivity index is 2.17. The van der Waals surface area contributed by atoms with Gasteiger partial charge in [-0.15, -0.1) is 11.8 Å². The molecule has 0 atom stereocenters. The molecule has 0 saturated carbocycles. The van der Waals surface area contributed by atoms with E-state index in [-0.39, 0.29) is 11.3 Å². The normalized spacial score (nSPS) is 10.0. The Labute approximate surface area is 125 Å². The van der Waals surface area contributed by atoms with Gasteiger partial charge in [-0.25, -0.2) is 0 Å². The molecule has 20 heavy (non-hydrogen) atoms. The highest BCUT2D eigenvalue weighted by molar-refractivity contribution is 7.98. The molecule has 0 radical (unpaired) electrons. The second-order valence-electron chi connectivity index (χ2n) is 3.93. The summed E-state index contributed by atoms with van der Waals surface area (Å²) in [7, 11) is 0. The molecule has 0 bridgehead atoms. The molecule has 0 aliphatic rings. The zero-order valence-electron chi connectivity index (χ0n) is 10.2. The van der Waals surface area contributed by atoms with Crippen molar-refractivity contribution in [3.05, 3.63) is 68.7 Å². The van der Waals surface area contributed by atoms with Gasteiger partial charge in [0.25, 0.3) is 5.69 Å². The average molecular weight is 305 g/mol. The van der Waals surface area contributed by atoms with Crippen molar-refractivity contribution < 1.29 is 4.92 Å². The first kappa shape index (κ1) is 14.4. The summed E-state index contributed by atoms with van der Waals surface area (Å²) in [4.78, 5) is 11.0. The van der Waals surface area contributed by atoms with Crippen molar-refractivity contribution in [1.82, 2.24) is 0 Å². The summed E-state index contributed by atoms with van der Waals surface area (Å²) in [5.74, 6) is 0.641. The van der Waals surface area contributed by atoms with Gasteiger partial charge in [0.1, 0.15) is 11.6 Å². The lowest BCUT2D eigenvalue weighted by Crippen LogP contribution is -1.92. The minimum Gasteiger partial charge on any atom is -0.258 e. The summed E-state index contributed by atoms with van der Waals surface area (Å²) in [5.41, 5.74) is 0.879. The molecule has 0 saturated heterocycles. The third kappa shape index (κ3) is 3.29. The molecule has 4 nitrogen and oxygen atoms in total. The quantitative estimate of drug-likeness (QED) is 0.476. The van der Waals surface area contributed by atoms with Crippen LogP contribution >= 0.6 is 23.4 Å². The maximum absolute atomic E-state index is 10.7. The van der Waals surface area contributed by atoms with Crippen LogP contribution in [0.3, 0.4) is 0 Å². The number of halogens is 1. The van der Waals surface area contributed by atoms with Crippen molar-refractivity contribution in [2.24, 2.45) is 0 Å². The Bertz CT molecular complexity index is 698. The Hall–Kier alpha value is -2.03. The van der Waals surface area contributed by atoms with E-state index in [0.29, 0.717) is 10.8 Å². The Kier molecular flexibility index (Phi) is 4.61. The van der Waals surface area contributed by atoms with Gasteiger partial charge in [-0.3, -0.25) is 10.1 Å². The summed E-state index contributed by atoms with van der Waals surface area (Å²) in [6.07, 6.45) is 0. The number of nitro groups is 1. The first-order chi connectivity index (χ1) is 9.61. The van der Waals surface area contributed by atoms with Crippen LogP contribution in [-0.2, 0) is 5.75 Å². The molecule has 0 N–H and O–H groups in total. The van der Waals surface area contributed by atoms with Gasteiger partial charge >= 0.3 is 0 Å². The van der Waals surface area contributed by atoms with E-state index in [0.717, 1.165) is 10.5 Å². The van der Waals surface area contributed by atoms with Crippen LogP contribution in [0.25, 0.3) is 0 Å². The molecule has 0 aliphatic carbocycles. The number of benzene rings is 2. The molecule has 0 unspecified atom stereocenters. The summed E-state index contributed by atoms with van der Waals surface area (Å²) in [6.45, 7) is 0. The highest BCUT2D eigenvalue weighted by Crippen LogP contribution is 2.29. The van der Waals surface area contributed by atoms with Crippen molar-refractivity contribution in [3.63, 3.8) is 0 Å². The second kappa shape index (κ2) is 6.42. The SMILES string of the molecule is N#Cc1cc(SCc2ccccc2Cl)ccc1[N+](=O)[O-]. The van der Waals surface area contributed by atoms with E-state index in [2.05, 4.69) is 0 Å². The van der Waals surface area contributed by atoms with Crippen LogP contribution < -0.4 is 0 Å². The van der Waals surface area contributed by atoms with Crippen LogP contribution in [0.15, 0.2) is 47.4 Å². The van der Waals surface area contributed by atoms with Crippen LogP contribution in [0, 0.1) is 21.4 Å². The number of nitrogens with zero attached hydrogens (tertiary/aromatic N) is 2. The zero-order chi connectivity index (χ0) is 14.5. The highest BCUT2D eigenvalue weighted by Gasteiger charge is 2.13. The molecule has 2 rings (SSSR count). The van der Waals surface area contributed by atoms with Gasteiger partial charge in [0, 0.05) is 21.7 Å². The molecule has 2 aromatic carbocycles. The molecule has 100 valence electrons. The predicted octanol–water partition coefficient (Wildman–Crippen LogP) is 4.41. The van der Waals surface area contributed by atoms with Gasteiger partial charge in [-0.2, -0.15) is 5.26 Å². The molecular weight excluding hydrogens is 296 g/mol.